The molecule has 188 valence electrons. The van der Waals surface area contributed by atoms with Crippen molar-refractivity contribution in [2.45, 2.75) is 5.92 Å². The predicted molar refractivity (Wildman–Crippen MR) is 145 cm³/mol. The van der Waals surface area contributed by atoms with Gasteiger partial charge in [0.2, 0.25) is 11.8 Å². The fraction of sp³-hybridized carbons (Fsp3) is 0.0667. The summed E-state index contributed by atoms with van der Waals surface area (Å²) in [6, 6.07) is 25.7. The molecule has 6 aromatic rings. The molecule has 1 aliphatic rings. The first-order valence-electron chi connectivity index (χ1n) is 12.3. The summed E-state index contributed by atoms with van der Waals surface area (Å²) in [5.74, 6) is 1.36. The molecule has 0 saturated carbocycles. The van der Waals surface area contributed by atoms with E-state index in [2.05, 4.69) is 16.0 Å². The standard InChI is InChI=1S/C30H21N7O2/c1-36-30-26(27(35-36)24-16-19-6-2-3-8-23(19)38-24)25(21(17-31)28(32)39-30)18-9-11-20(12-10-18)37-15-14-34-29(37)22-7-4-5-13-33-22/h2-16,25H,32H2,1H3. The molecule has 0 fully saturated rings. The second-order valence-corrected chi connectivity index (χ2v) is 9.19. The van der Waals surface area contributed by atoms with E-state index < -0.39 is 5.92 Å². The van der Waals surface area contributed by atoms with E-state index in [4.69, 9.17) is 20.0 Å². The minimum Gasteiger partial charge on any atom is -0.454 e. The van der Waals surface area contributed by atoms with Crippen LogP contribution in [0.25, 0.3) is 39.6 Å². The summed E-state index contributed by atoms with van der Waals surface area (Å²) in [5, 5.41) is 15.8. The molecule has 1 aliphatic heterocycles. The molecule has 0 saturated heterocycles. The molecule has 0 bridgehead atoms. The number of hydrogen-bond acceptors (Lipinski definition) is 7. The number of nitrogens with zero attached hydrogens (tertiary/aromatic N) is 6. The minimum atomic E-state index is -0.497. The van der Waals surface area contributed by atoms with Crippen molar-refractivity contribution >= 4 is 11.0 Å². The molecule has 9 nitrogen and oxygen atoms in total. The van der Waals surface area contributed by atoms with Crippen LogP contribution in [-0.4, -0.2) is 24.3 Å². The van der Waals surface area contributed by atoms with Crippen molar-refractivity contribution in [1.82, 2.24) is 24.3 Å². The van der Waals surface area contributed by atoms with Gasteiger partial charge in [0, 0.05) is 36.7 Å². The molecular weight excluding hydrogens is 490 g/mol. The Morgan fingerprint density at radius 1 is 0.974 bits per heavy atom. The van der Waals surface area contributed by atoms with Crippen molar-refractivity contribution in [3.8, 4) is 40.6 Å². The molecule has 0 aliphatic carbocycles. The molecule has 0 spiro atoms. The zero-order valence-corrected chi connectivity index (χ0v) is 20.8. The van der Waals surface area contributed by atoms with Gasteiger partial charge < -0.3 is 14.9 Å². The van der Waals surface area contributed by atoms with Crippen LogP contribution in [0, 0.1) is 11.3 Å². The number of hydrogen-bond donors (Lipinski definition) is 1. The summed E-state index contributed by atoms with van der Waals surface area (Å²) in [6.45, 7) is 0. The number of rotatable bonds is 4. The Labute approximate surface area is 223 Å². The van der Waals surface area contributed by atoms with Crippen LogP contribution >= 0.6 is 0 Å². The lowest BCUT2D eigenvalue weighted by atomic mass is 9.83. The highest BCUT2D eigenvalue weighted by atomic mass is 16.5. The molecule has 9 heteroatoms. The van der Waals surface area contributed by atoms with Gasteiger partial charge in [0.25, 0.3) is 0 Å². The van der Waals surface area contributed by atoms with Gasteiger partial charge in [-0.1, -0.05) is 36.4 Å². The Hall–Kier alpha value is -5.62. The van der Waals surface area contributed by atoms with Crippen LogP contribution in [0.1, 0.15) is 17.0 Å². The van der Waals surface area contributed by atoms with E-state index in [9.17, 15) is 5.26 Å². The Balaban J connectivity index is 1.35. The maximum Gasteiger partial charge on any atom is 0.224 e. The summed E-state index contributed by atoms with van der Waals surface area (Å²) in [6.07, 6.45) is 5.38. The van der Waals surface area contributed by atoms with E-state index in [1.54, 1.807) is 24.1 Å². The Morgan fingerprint density at radius 2 is 1.79 bits per heavy atom. The monoisotopic (exact) mass is 511 g/mol. The van der Waals surface area contributed by atoms with Crippen molar-refractivity contribution < 1.29 is 9.15 Å². The van der Waals surface area contributed by atoms with Crippen LogP contribution in [0.2, 0.25) is 0 Å². The largest absolute Gasteiger partial charge is 0.454 e. The number of ether oxygens (including phenoxy) is 1. The number of pyridine rings is 1. The highest BCUT2D eigenvalue weighted by molar-refractivity contribution is 5.83. The highest BCUT2D eigenvalue weighted by Gasteiger charge is 2.37. The van der Waals surface area contributed by atoms with E-state index in [-0.39, 0.29) is 5.88 Å². The van der Waals surface area contributed by atoms with Crippen molar-refractivity contribution in [1.29, 1.82) is 5.26 Å². The van der Waals surface area contributed by atoms with Crippen molar-refractivity contribution in [3.05, 3.63) is 114 Å². The number of imidazole rings is 1. The number of nitriles is 1. The lowest BCUT2D eigenvalue weighted by Gasteiger charge is -2.24. The summed E-state index contributed by atoms with van der Waals surface area (Å²) >= 11 is 0. The average molecular weight is 512 g/mol. The number of allylic oxidation sites excluding steroid dienone is 1. The van der Waals surface area contributed by atoms with Crippen molar-refractivity contribution in [2.75, 3.05) is 0 Å². The number of nitrogens with two attached hydrogens (primary N) is 1. The van der Waals surface area contributed by atoms with Gasteiger partial charge in [0.05, 0.1) is 11.5 Å². The molecular formula is C30H21N7O2. The summed E-state index contributed by atoms with van der Waals surface area (Å²) in [5.41, 5.74) is 11.2. The van der Waals surface area contributed by atoms with E-state index >= 15 is 0 Å². The first-order valence-corrected chi connectivity index (χ1v) is 12.3. The van der Waals surface area contributed by atoms with Crippen LogP contribution < -0.4 is 10.5 Å². The molecule has 5 heterocycles. The predicted octanol–water partition coefficient (Wildman–Crippen LogP) is 5.30. The molecule has 4 aromatic heterocycles. The second-order valence-electron chi connectivity index (χ2n) is 9.19. The normalized spacial score (nSPS) is 14.7. The van der Waals surface area contributed by atoms with E-state index in [0.29, 0.717) is 22.9 Å². The molecule has 2 N–H and O–H groups in total. The smallest absolute Gasteiger partial charge is 0.224 e. The maximum absolute atomic E-state index is 10.1. The molecule has 1 atom stereocenters. The minimum absolute atomic E-state index is 0.0604. The van der Waals surface area contributed by atoms with Gasteiger partial charge in [-0.05, 0) is 42.0 Å². The first-order chi connectivity index (χ1) is 19.1. The number of benzene rings is 2. The van der Waals surface area contributed by atoms with Gasteiger partial charge in [-0.25, -0.2) is 9.67 Å². The van der Waals surface area contributed by atoms with E-state index in [1.807, 2.05) is 83.6 Å². The van der Waals surface area contributed by atoms with Gasteiger partial charge in [-0.15, -0.1) is 0 Å². The molecule has 1 unspecified atom stereocenters. The third-order valence-corrected chi connectivity index (χ3v) is 6.90. The van der Waals surface area contributed by atoms with Crippen LogP contribution in [-0.2, 0) is 7.05 Å². The SMILES string of the molecule is Cn1nc(-c2cc3ccccc3o2)c2c1OC(N)=C(C#N)C2c1ccc(-n2ccnc2-c2ccccn2)cc1. The lowest BCUT2D eigenvalue weighted by molar-refractivity contribution is 0.358. The van der Waals surface area contributed by atoms with Crippen molar-refractivity contribution in [2.24, 2.45) is 12.8 Å². The van der Waals surface area contributed by atoms with Crippen LogP contribution in [0.15, 0.2) is 107 Å². The molecule has 0 radical (unpaired) electrons. The summed E-state index contributed by atoms with van der Waals surface area (Å²) in [7, 11) is 1.79. The zero-order valence-electron chi connectivity index (χ0n) is 20.8. The fourth-order valence-corrected chi connectivity index (χ4v) is 5.11. The molecule has 2 aromatic carbocycles. The van der Waals surface area contributed by atoms with Gasteiger partial charge >= 0.3 is 0 Å². The number of furan rings is 1. The van der Waals surface area contributed by atoms with E-state index in [0.717, 1.165) is 39.3 Å². The Morgan fingerprint density at radius 3 is 2.56 bits per heavy atom. The van der Waals surface area contributed by atoms with Gasteiger partial charge in [-0.2, -0.15) is 10.4 Å². The van der Waals surface area contributed by atoms with Gasteiger partial charge in [0.1, 0.15) is 28.6 Å². The van der Waals surface area contributed by atoms with Crippen LogP contribution in [0.4, 0.5) is 0 Å². The van der Waals surface area contributed by atoms with Gasteiger partial charge in [0.15, 0.2) is 11.6 Å². The van der Waals surface area contributed by atoms with Gasteiger partial charge in [-0.3, -0.25) is 9.55 Å². The fourth-order valence-electron chi connectivity index (χ4n) is 5.11. The Bertz CT molecular complexity index is 1890. The number of fused-ring (bicyclic) bond motifs is 2. The quantitative estimate of drug-likeness (QED) is 0.341. The Kier molecular flexibility index (Phi) is 5.06. The average Bonchev–Trinajstić information content (AvgIpc) is 3.70. The van der Waals surface area contributed by atoms with Crippen molar-refractivity contribution in [3.63, 3.8) is 0 Å². The number of aromatic nitrogens is 5. The van der Waals surface area contributed by atoms with Crippen LogP contribution in [0.3, 0.4) is 0 Å². The van der Waals surface area contributed by atoms with Crippen LogP contribution in [0.5, 0.6) is 5.88 Å². The number of para-hydroxylation sites is 1. The third kappa shape index (κ3) is 3.58. The number of aryl methyl sites for hydroxylation is 1. The highest BCUT2D eigenvalue weighted by Crippen LogP contribution is 2.47. The van der Waals surface area contributed by atoms with E-state index in [1.165, 1.54) is 0 Å². The molecule has 7 rings (SSSR count). The summed E-state index contributed by atoms with van der Waals surface area (Å²) in [4.78, 5) is 8.94. The molecule has 0 amide bonds. The third-order valence-electron chi connectivity index (χ3n) is 6.90. The zero-order chi connectivity index (χ0) is 26.5. The summed E-state index contributed by atoms with van der Waals surface area (Å²) < 4.78 is 15.7. The maximum atomic E-state index is 10.1. The first kappa shape index (κ1) is 22.6. The lowest BCUT2D eigenvalue weighted by Crippen LogP contribution is -2.21. The topological polar surface area (TPSA) is 121 Å². The molecule has 39 heavy (non-hydrogen) atoms. The second kappa shape index (κ2) is 8.75.